The summed E-state index contributed by atoms with van der Waals surface area (Å²) in [5.41, 5.74) is 1.14. The molecule has 0 spiro atoms. The summed E-state index contributed by atoms with van der Waals surface area (Å²) in [6, 6.07) is 7.31. The molecule has 138 valence electrons. The van der Waals surface area contributed by atoms with Crippen molar-refractivity contribution in [3.63, 3.8) is 0 Å². The van der Waals surface area contributed by atoms with Crippen molar-refractivity contribution < 1.29 is 9.18 Å². The maximum Gasteiger partial charge on any atom is 0.315 e. The molecule has 0 aromatic heterocycles. The highest BCUT2D eigenvalue weighted by Gasteiger charge is 2.23. The summed E-state index contributed by atoms with van der Waals surface area (Å²) in [5.74, 6) is 0.608. The average Bonchev–Trinajstić information content (AvgIpc) is 2.61. The normalized spacial score (nSPS) is 25.5. The molecule has 3 rings (SSSR count). The van der Waals surface area contributed by atoms with Crippen LogP contribution in [-0.2, 0) is 6.54 Å². The number of carbonyl (C=O) groups is 1. The van der Waals surface area contributed by atoms with E-state index in [0.717, 1.165) is 56.8 Å². The monoisotopic (exact) mass is 347 g/mol. The Kier molecular flexibility index (Phi) is 6.29. The van der Waals surface area contributed by atoms with Gasteiger partial charge in [-0.2, -0.15) is 0 Å². The second kappa shape index (κ2) is 8.65. The van der Waals surface area contributed by atoms with Crippen molar-refractivity contribution in [1.82, 2.24) is 15.5 Å². The van der Waals surface area contributed by atoms with Crippen LogP contribution in [0.25, 0.3) is 0 Å². The van der Waals surface area contributed by atoms with Gasteiger partial charge in [-0.25, -0.2) is 9.18 Å². The molecule has 25 heavy (non-hydrogen) atoms. The summed E-state index contributed by atoms with van der Waals surface area (Å²) in [7, 11) is 0. The third-order valence-corrected chi connectivity index (χ3v) is 5.59. The lowest BCUT2D eigenvalue weighted by Crippen LogP contribution is -2.50. The maximum absolute atomic E-state index is 13.0. The molecule has 1 aliphatic carbocycles. The van der Waals surface area contributed by atoms with E-state index in [4.69, 9.17) is 0 Å². The van der Waals surface area contributed by atoms with Crippen LogP contribution in [0.1, 0.15) is 51.0 Å². The predicted molar refractivity (Wildman–Crippen MR) is 97.8 cm³/mol. The van der Waals surface area contributed by atoms with Gasteiger partial charge in [0.2, 0.25) is 0 Å². The molecular weight excluding hydrogens is 317 g/mol. The Morgan fingerprint density at radius 2 is 1.56 bits per heavy atom. The molecule has 1 aliphatic heterocycles. The number of urea groups is 1. The minimum atomic E-state index is -0.190. The highest BCUT2D eigenvalue weighted by Crippen LogP contribution is 2.23. The molecule has 5 heteroatoms. The number of carbonyl (C=O) groups excluding carboxylic acids is 1. The summed E-state index contributed by atoms with van der Waals surface area (Å²) in [6.45, 7) is 5.06. The van der Waals surface area contributed by atoms with Gasteiger partial charge >= 0.3 is 6.03 Å². The van der Waals surface area contributed by atoms with E-state index in [2.05, 4.69) is 22.5 Å². The van der Waals surface area contributed by atoms with Gasteiger partial charge in [0.25, 0.3) is 0 Å². The second-order valence-electron chi connectivity index (χ2n) is 7.75. The summed E-state index contributed by atoms with van der Waals surface area (Å²) in [4.78, 5) is 14.6. The van der Waals surface area contributed by atoms with Crippen LogP contribution in [0.3, 0.4) is 0 Å². The SMILES string of the molecule is CC1CCC(NC(=O)NC2CCN(Cc3ccc(F)cc3)CC2)CC1. The molecule has 2 amide bonds. The highest BCUT2D eigenvalue weighted by atomic mass is 19.1. The molecule has 1 saturated carbocycles. The topological polar surface area (TPSA) is 44.4 Å². The van der Waals surface area contributed by atoms with Crippen LogP contribution in [0.4, 0.5) is 9.18 Å². The van der Waals surface area contributed by atoms with E-state index in [-0.39, 0.29) is 17.9 Å². The predicted octanol–water partition coefficient (Wildman–Crippen LogP) is 3.67. The second-order valence-corrected chi connectivity index (χ2v) is 7.75. The van der Waals surface area contributed by atoms with Gasteiger partial charge in [0.05, 0.1) is 0 Å². The Labute approximate surface area is 150 Å². The Hall–Kier alpha value is -1.62. The molecule has 1 aromatic carbocycles. The largest absolute Gasteiger partial charge is 0.335 e. The number of nitrogens with zero attached hydrogens (tertiary/aromatic N) is 1. The van der Waals surface area contributed by atoms with E-state index in [1.807, 2.05) is 12.1 Å². The molecule has 1 saturated heterocycles. The van der Waals surface area contributed by atoms with Gasteiger partial charge in [0, 0.05) is 31.7 Å². The number of rotatable bonds is 4. The van der Waals surface area contributed by atoms with E-state index in [1.54, 1.807) is 0 Å². The Balaban J connectivity index is 1.36. The number of hydrogen-bond donors (Lipinski definition) is 2. The number of nitrogens with one attached hydrogen (secondary N) is 2. The maximum atomic E-state index is 13.0. The van der Waals surface area contributed by atoms with Crippen molar-refractivity contribution >= 4 is 6.03 Å². The van der Waals surface area contributed by atoms with Crippen LogP contribution >= 0.6 is 0 Å². The molecule has 1 aromatic rings. The van der Waals surface area contributed by atoms with Crippen molar-refractivity contribution in [2.75, 3.05) is 13.1 Å². The Morgan fingerprint density at radius 3 is 2.16 bits per heavy atom. The van der Waals surface area contributed by atoms with E-state index in [0.29, 0.717) is 6.04 Å². The lowest BCUT2D eigenvalue weighted by Gasteiger charge is -2.33. The third-order valence-electron chi connectivity index (χ3n) is 5.59. The summed E-state index contributed by atoms with van der Waals surface area (Å²) in [6.07, 6.45) is 6.57. The average molecular weight is 347 g/mol. The van der Waals surface area contributed by atoms with Crippen LogP contribution in [0, 0.1) is 11.7 Å². The van der Waals surface area contributed by atoms with Crippen molar-refractivity contribution in [3.8, 4) is 0 Å². The summed E-state index contributed by atoms with van der Waals surface area (Å²) >= 11 is 0. The van der Waals surface area contributed by atoms with Crippen molar-refractivity contribution in [2.45, 2.75) is 64.1 Å². The van der Waals surface area contributed by atoms with Gasteiger partial charge in [-0.3, -0.25) is 4.90 Å². The minimum Gasteiger partial charge on any atom is -0.335 e. The van der Waals surface area contributed by atoms with Crippen LogP contribution in [-0.4, -0.2) is 36.1 Å². The first-order valence-electron chi connectivity index (χ1n) is 9.62. The molecule has 0 radical (unpaired) electrons. The van der Waals surface area contributed by atoms with Gasteiger partial charge in [-0.1, -0.05) is 19.1 Å². The van der Waals surface area contributed by atoms with Crippen molar-refractivity contribution in [1.29, 1.82) is 0 Å². The molecule has 0 unspecified atom stereocenters. The third kappa shape index (κ3) is 5.70. The lowest BCUT2D eigenvalue weighted by molar-refractivity contribution is 0.184. The minimum absolute atomic E-state index is 0.00321. The Morgan fingerprint density at radius 1 is 1.00 bits per heavy atom. The molecule has 4 nitrogen and oxygen atoms in total. The van der Waals surface area contributed by atoms with Gasteiger partial charge in [-0.15, -0.1) is 0 Å². The number of piperidine rings is 1. The first kappa shape index (κ1) is 18.2. The van der Waals surface area contributed by atoms with Gasteiger partial charge in [0.1, 0.15) is 5.82 Å². The standard InChI is InChI=1S/C20H30FN3O/c1-15-2-8-18(9-3-15)22-20(25)23-19-10-12-24(13-11-19)14-16-4-6-17(21)7-5-16/h4-7,15,18-19H,2-3,8-14H2,1H3,(H2,22,23,25). The molecular formula is C20H30FN3O. The molecule has 2 aliphatic rings. The number of amides is 2. The van der Waals surface area contributed by atoms with Gasteiger partial charge < -0.3 is 10.6 Å². The van der Waals surface area contributed by atoms with Crippen LogP contribution in [0.5, 0.6) is 0 Å². The Bertz CT molecular complexity index is 547. The quantitative estimate of drug-likeness (QED) is 0.873. The van der Waals surface area contributed by atoms with Gasteiger partial charge in [0.15, 0.2) is 0 Å². The zero-order valence-corrected chi connectivity index (χ0v) is 15.1. The van der Waals surface area contributed by atoms with Crippen LogP contribution in [0.2, 0.25) is 0 Å². The van der Waals surface area contributed by atoms with Crippen molar-refractivity contribution in [3.05, 3.63) is 35.6 Å². The zero-order valence-electron chi connectivity index (χ0n) is 15.1. The number of benzene rings is 1. The van der Waals surface area contributed by atoms with E-state index >= 15 is 0 Å². The van der Waals surface area contributed by atoms with E-state index in [1.165, 1.54) is 25.0 Å². The smallest absolute Gasteiger partial charge is 0.315 e. The molecule has 0 atom stereocenters. The first-order chi connectivity index (χ1) is 12.1. The molecule has 1 heterocycles. The van der Waals surface area contributed by atoms with Crippen molar-refractivity contribution in [2.24, 2.45) is 5.92 Å². The highest BCUT2D eigenvalue weighted by molar-refractivity contribution is 5.74. The number of likely N-dealkylation sites (tertiary alicyclic amines) is 1. The number of halogens is 1. The molecule has 2 N–H and O–H groups in total. The molecule has 2 fully saturated rings. The van der Waals surface area contributed by atoms with E-state index < -0.39 is 0 Å². The van der Waals surface area contributed by atoms with Crippen LogP contribution < -0.4 is 10.6 Å². The number of hydrogen-bond acceptors (Lipinski definition) is 2. The lowest BCUT2D eigenvalue weighted by atomic mass is 9.87. The fourth-order valence-electron chi connectivity index (χ4n) is 3.90. The summed E-state index contributed by atoms with van der Waals surface area (Å²) in [5, 5.41) is 6.29. The molecule has 0 bridgehead atoms. The fourth-order valence-corrected chi connectivity index (χ4v) is 3.90. The van der Waals surface area contributed by atoms with E-state index in [9.17, 15) is 9.18 Å². The summed E-state index contributed by atoms with van der Waals surface area (Å²) < 4.78 is 13.0. The first-order valence-corrected chi connectivity index (χ1v) is 9.62. The zero-order chi connectivity index (χ0) is 17.6. The van der Waals surface area contributed by atoms with Crippen LogP contribution in [0.15, 0.2) is 24.3 Å². The van der Waals surface area contributed by atoms with Gasteiger partial charge in [-0.05, 0) is 62.1 Å². The fraction of sp³-hybridized carbons (Fsp3) is 0.650.